The zero-order valence-corrected chi connectivity index (χ0v) is 17.3. The molecule has 7 nitrogen and oxygen atoms in total. The summed E-state index contributed by atoms with van der Waals surface area (Å²) in [4.78, 5) is 24.1. The van der Waals surface area contributed by atoms with E-state index >= 15 is 0 Å². The van der Waals surface area contributed by atoms with Gasteiger partial charge in [-0.3, -0.25) is 14.3 Å². The number of benzene rings is 2. The number of aryl methyl sites for hydroxylation is 1. The van der Waals surface area contributed by atoms with Crippen LogP contribution >= 0.6 is 34.8 Å². The van der Waals surface area contributed by atoms with Crippen LogP contribution in [-0.2, 0) is 13.7 Å². The lowest BCUT2D eigenvalue weighted by molar-refractivity contribution is 0.0992. The van der Waals surface area contributed by atoms with Gasteiger partial charge >= 0.3 is 0 Å². The summed E-state index contributed by atoms with van der Waals surface area (Å²) in [5.41, 5.74) is 6.73. The van der Waals surface area contributed by atoms with Crippen LogP contribution in [0.4, 0.5) is 5.69 Å². The number of aromatic nitrogens is 2. The third kappa shape index (κ3) is 4.82. The molecule has 2 amide bonds. The second-order valence-electron chi connectivity index (χ2n) is 6.04. The molecule has 29 heavy (non-hydrogen) atoms. The van der Waals surface area contributed by atoms with Gasteiger partial charge in [0.15, 0.2) is 5.75 Å². The smallest absolute Gasteiger partial charge is 0.269 e. The molecule has 0 radical (unpaired) electrons. The summed E-state index contributed by atoms with van der Waals surface area (Å²) in [6.45, 7) is 0.127. The number of nitrogens with zero attached hydrogens (tertiary/aromatic N) is 2. The summed E-state index contributed by atoms with van der Waals surface area (Å²) in [5, 5.41) is 7.54. The second-order valence-corrected chi connectivity index (χ2v) is 7.29. The number of carbonyl (C=O) groups excluding carboxylic acids is 2. The largest absolute Gasteiger partial charge is 0.486 e. The fourth-order valence-electron chi connectivity index (χ4n) is 2.64. The van der Waals surface area contributed by atoms with E-state index in [1.54, 1.807) is 31.3 Å². The number of hydrogen-bond acceptors (Lipinski definition) is 4. The molecule has 150 valence electrons. The van der Waals surface area contributed by atoms with Crippen molar-refractivity contribution in [2.45, 2.75) is 6.61 Å². The van der Waals surface area contributed by atoms with Gasteiger partial charge in [0.2, 0.25) is 0 Å². The third-order valence-corrected chi connectivity index (χ3v) is 4.74. The number of nitrogens with one attached hydrogen (secondary N) is 1. The molecule has 0 saturated heterocycles. The molecule has 0 aliphatic rings. The van der Waals surface area contributed by atoms with Gasteiger partial charge in [0.1, 0.15) is 12.3 Å². The molecule has 3 N–H and O–H groups in total. The van der Waals surface area contributed by atoms with Crippen LogP contribution in [0.5, 0.6) is 5.75 Å². The molecule has 0 atom stereocenters. The Hall–Kier alpha value is -2.74. The van der Waals surface area contributed by atoms with Crippen molar-refractivity contribution in [3.8, 4) is 5.75 Å². The van der Waals surface area contributed by atoms with Gasteiger partial charge in [-0.2, -0.15) is 5.10 Å². The van der Waals surface area contributed by atoms with Crippen LogP contribution in [0.15, 0.2) is 42.6 Å². The van der Waals surface area contributed by atoms with Crippen molar-refractivity contribution in [3.63, 3.8) is 0 Å². The first-order valence-electron chi connectivity index (χ1n) is 8.25. The lowest BCUT2D eigenvalue weighted by atomic mass is 10.1. The SMILES string of the molecule is Cn1ncc(NC(=O)c2cccc(COc3c(Cl)cc(Cl)cc3Cl)c2)c1C(N)=O. The van der Waals surface area contributed by atoms with Crippen molar-refractivity contribution >= 4 is 52.3 Å². The topological polar surface area (TPSA) is 99.2 Å². The van der Waals surface area contributed by atoms with Crippen LogP contribution < -0.4 is 15.8 Å². The summed E-state index contributed by atoms with van der Waals surface area (Å²) in [6, 6.07) is 9.82. The van der Waals surface area contributed by atoms with E-state index in [0.29, 0.717) is 21.9 Å². The summed E-state index contributed by atoms with van der Waals surface area (Å²) >= 11 is 18.1. The Morgan fingerprint density at radius 1 is 1.17 bits per heavy atom. The van der Waals surface area contributed by atoms with Crippen LogP contribution in [0.2, 0.25) is 15.1 Å². The van der Waals surface area contributed by atoms with E-state index in [1.165, 1.54) is 23.0 Å². The molecule has 3 rings (SSSR count). The molecule has 0 bridgehead atoms. The monoisotopic (exact) mass is 452 g/mol. The number of nitrogens with two attached hydrogens (primary N) is 1. The Morgan fingerprint density at radius 3 is 2.52 bits per heavy atom. The van der Waals surface area contributed by atoms with Gasteiger partial charge in [-0.05, 0) is 29.8 Å². The van der Waals surface area contributed by atoms with Gasteiger partial charge in [-0.15, -0.1) is 0 Å². The van der Waals surface area contributed by atoms with Crippen molar-refractivity contribution in [2.24, 2.45) is 12.8 Å². The van der Waals surface area contributed by atoms with Gasteiger partial charge in [0.05, 0.1) is 21.9 Å². The minimum absolute atomic E-state index is 0.102. The summed E-state index contributed by atoms with van der Waals surface area (Å²) < 4.78 is 6.98. The standard InChI is InChI=1S/C19H15Cl3N4O3/c1-26-16(18(23)27)15(8-24-26)25-19(28)11-4-2-3-10(5-11)9-29-17-13(21)6-12(20)7-14(17)22/h2-8H,9H2,1H3,(H2,23,27)(H,25,28). The predicted molar refractivity (Wildman–Crippen MR) is 112 cm³/mol. The highest BCUT2D eigenvalue weighted by molar-refractivity contribution is 6.40. The zero-order chi connectivity index (χ0) is 21.1. The molecule has 0 saturated carbocycles. The Balaban J connectivity index is 1.74. The zero-order valence-electron chi connectivity index (χ0n) is 15.1. The number of anilines is 1. The van der Waals surface area contributed by atoms with E-state index in [-0.39, 0.29) is 28.0 Å². The van der Waals surface area contributed by atoms with Crippen molar-refractivity contribution in [1.82, 2.24) is 9.78 Å². The van der Waals surface area contributed by atoms with Gasteiger partial charge in [0.25, 0.3) is 11.8 Å². The van der Waals surface area contributed by atoms with Crippen LogP contribution in [0.1, 0.15) is 26.4 Å². The molecular weight excluding hydrogens is 439 g/mol. The first-order chi connectivity index (χ1) is 13.8. The predicted octanol–water partition coefficient (Wildman–Crippen LogP) is 4.31. The summed E-state index contributed by atoms with van der Waals surface area (Å²) in [5.74, 6) is -0.821. The lowest BCUT2D eigenvalue weighted by Crippen LogP contribution is -2.20. The molecule has 10 heteroatoms. The molecule has 0 spiro atoms. The first-order valence-corrected chi connectivity index (χ1v) is 9.39. The molecule has 1 heterocycles. The van der Waals surface area contributed by atoms with Crippen LogP contribution in [-0.4, -0.2) is 21.6 Å². The molecule has 0 aliphatic heterocycles. The van der Waals surface area contributed by atoms with E-state index in [9.17, 15) is 9.59 Å². The number of ether oxygens (including phenoxy) is 1. The number of primary amides is 1. The molecular formula is C19H15Cl3N4O3. The van der Waals surface area contributed by atoms with E-state index in [2.05, 4.69) is 10.4 Å². The number of halogens is 3. The maximum atomic E-state index is 12.6. The highest BCUT2D eigenvalue weighted by Crippen LogP contribution is 2.36. The average molecular weight is 454 g/mol. The van der Waals surface area contributed by atoms with Crippen molar-refractivity contribution in [1.29, 1.82) is 0 Å². The second kappa shape index (κ2) is 8.73. The fourth-order valence-corrected chi connectivity index (χ4v) is 3.57. The van der Waals surface area contributed by atoms with Gasteiger partial charge in [-0.1, -0.05) is 46.9 Å². The molecule has 0 aliphatic carbocycles. The Kier molecular flexibility index (Phi) is 6.32. The maximum absolute atomic E-state index is 12.6. The molecule has 0 unspecified atom stereocenters. The lowest BCUT2D eigenvalue weighted by Gasteiger charge is -2.11. The number of carbonyl (C=O) groups is 2. The van der Waals surface area contributed by atoms with E-state index in [0.717, 1.165) is 0 Å². The fraction of sp³-hybridized carbons (Fsp3) is 0.105. The molecule has 1 aromatic heterocycles. The van der Waals surface area contributed by atoms with E-state index in [1.807, 2.05) is 0 Å². The minimum Gasteiger partial charge on any atom is -0.486 e. The van der Waals surface area contributed by atoms with Crippen molar-refractivity contribution in [3.05, 3.63) is 74.5 Å². The molecule has 0 fully saturated rings. The quantitative estimate of drug-likeness (QED) is 0.581. The highest BCUT2D eigenvalue weighted by atomic mass is 35.5. The highest BCUT2D eigenvalue weighted by Gasteiger charge is 2.17. The van der Waals surface area contributed by atoms with E-state index < -0.39 is 11.8 Å². The maximum Gasteiger partial charge on any atom is 0.269 e. The molecule has 3 aromatic rings. The Morgan fingerprint density at radius 2 is 1.86 bits per heavy atom. The minimum atomic E-state index is -0.695. The first kappa shape index (κ1) is 21.0. The van der Waals surface area contributed by atoms with Crippen molar-refractivity contribution in [2.75, 3.05) is 5.32 Å². The number of rotatable bonds is 6. The van der Waals surface area contributed by atoms with Crippen molar-refractivity contribution < 1.29 is 14.3 Å². The normalized spacial score (nSPS) is 10.6. The number of hydrogen-bond donors (Lipinski definition) is 2. The van der Waals surface area contributed by atoms with Crippen LogP contribution in [0.25, 0.3) is 0 Å². The Bertz CT molecular complexity index is 1080. The van der Waals surface area contributed by atoms with E-state index in [4.69, 9.17) is 45.3 Å². The third-order valence-electron chi connectivity index (χ3n) is 3.96. The summed E-state index contributed by atoms with van der Waals surface area (Å²) in [6.07, 6.45) is 1.36. The van der Waals surface area contributed by atoms with Gasteiger partial charge in [0, 0.05) is 17.6 Å². The van der Waals surface area contributed by atoms with Gasteiger partial charge < -0.3 is 15.8 Å². The average Bonchev–Trinajstić information content (AvgIpc) is 3.01. The Labute approximate surface area is 181 Å². The summed E-state index contributed by atoms with van der Waals surface area (Å²) in [7, 11) is 1.56. The number of amides is 2. The van der Waals surface area contributed by atoms with Crippen LogP contribution in [0.3, 0.4) is 0 Å². The van der Waals surface area contributed by atoms with Gasteiger partial charge in [-0.25, -0.2) is 0 Å². The van der Waals surface area contributed by atoms with Crippen LogP contribution in [0, 0.1) is 0 Å². The molecule has 2 aromatic carbocycles.